The highest BCUT2D eigenvalue weighted by Gasteiger charge is 2.26. The van der Waals surface area contributed by atoms with Crippen LogP contribution in [0.15, 0.2) is 35.2 Å². The third-order valence-electron chi connectivity index (χ3n) is 3.03. The number of fused-ring (bicyclic) bond motifs is 1. The molecule has 3 rings (SSSR count). The summed E-state index contributed by atoms with van der Waals surface area (Å²) in [7, 11) is 0. The quantitative estimate of drug-likeness (QED) is 0.803. The summed E-state index contributed by atoms with van der Waals surface area (Å²) < 4.78 is 0.830. The van der Waals surface area contributed by atoms with Crippen molar-refractivity contribution in [1.82, 2.24) is 14.9 Å². The molecule has 0 saturated carbocycles. The van der Waals surface area contributed by atoms with Crippen molar-refractivity contribution in [2.24, 2.45) is 0 Å². The van der Waals surface area contributed by atoms with Crippen molar-refractivity contribution < 1.29 is 4.79 Å². The molecule has 0 N–H and O–H groups in total. The normalized spacial score (nSPS) is 13.5. The van der Waals surface area contributed by atoms with Crippen LogP contribution in [0, 0.1) is 0 Å². The van der Waals surface area contributed by atoms with Gasteiger partial charge in [-0.25, -0.2) is 9.97 Å². The van der Waals surface area contributed by atoms with E-state index in [0.29, 0.717) is 23.7 Å². The number of hydrogen-bond donors (Lipinski definition) is 0. The zero-order chi connectivity index (χ0) is 13.4. The van der Waals surface area contributed by atoms with Crippen LogP contribution in [0.5, 0.6) is 0 Å². The number of benzene rings is 1. The van der Waals surface area contributed by atoms with Gasteiger partial charge in [-0.2, -0.15) is 0 Å². The number of halogens is 2. The van der Waals surface area contributed by atoms with Gasteiger partial charge in [-0.05, 0) is 18.2 Å². The van der Waals surface area contributed by atoms with Crippen LogP contribution in [0.1, 0.15) is 21.6 Å². The van der Waals surface area contributed by atoms with E-state index in [9.17, 15) is 4.79 Å². The van der Waals surface area contributed by atoms with E-state index >= 15 is 0 Å². The average molecular weight is 339 g/mol. The predicted molar refractivity (Wildman–Crippen MR) is 74.8 cm³/mol. The molecule has 1 aliphatic rings. The van der Waals surface area contributed by atoms with E-state index in [1.54, 1.807) is 23.2 Å². The summed E-state index contributed by atoms with van der Waals surface area (Å²) in [6.45, 7) is 1.03. The van der Waals surface area contributed by atoms with Crippen LogP contribution in [-0.4, -0.2) is 20.8 Å². The zero-order valence-corrected chi connectivity index (χ0v) is 12.1. The molecule has 0 fully saturated rings. The van der Waals surface area contributed by atoms with E-state index in [0.717, 1.165) is 15.7 Å². The Kier molecular flexibility index (Phi) is 3.24. The Morgan fingerprint density at radius 2 is 2.21 bits per heavy atom. The lowest BCUT2D eigenvalue weighted by molar-refractivity contribution is 0.0750. The predicted octanol–water partition coefficient (Wildman–Crippen LogP) is 3.05. The molecule has 2 aromatic rings. The molecule has 4 nitrogen and oxygen atoms in total. The van der Waals surface area contributed by atoms with Gasteiger partial charge in [0, 0.05) is 22.8 Å². The van der Waals surface area contributed by atoms with Gasteiger partial charge in [0.2, 0.25) is 0 Å². The Labute approximate surface area is 123 Å². The number of amides is 1. The van der Waals surface area contributed by atoms with Crippen LogP contribution >= 0.6 is 27.5 Å². The number of aromatic nitrogens is 2. The first-order valence-corrected chi connectivity index (χ1v) is 6.84. The summed E-state index contributed by atoms with van der Waals surface area (Å²) >= 11 is 9.43. The molecule has 1 aromatic carbocycles. The van der Waals surface area contributed by atoms with Gasteiger partial charge in [0.1, 0.15) is 6.33 Å². The molecular formula is C13H9BrClN3O. The maximum Gasteiger partial charge on any atom is 0.256 e. The van der Waals surface area contributed by atoms with Crippen molar-refractivity contribution >= 4 is 33.4 Å². The highest BCUT2D eigenvalue weighted by molar-refractivity contribution is 9.10. The van der Waals surface area contributed by atoms with Crippen molar-refractivity contribution in [3.63, 3.8) is 0 Å². The number of carbonyl (C=O) groups excluding carboxylic acids is 1. The topological polar surface area (TPSA) is 46.1 Å². The van der Waals surface area contributed by atoms with Gasteiger partial charge >= 0.3 is 0 Å². The largest absolute Gasteiger partial charge is 0.328 e. The Hall–Kier alpha value is -1.46. The van der Waals surface area contributed by atoms with Crippen LogP contribution in [0.3, 0.4) is 0 Å². The summed E-state index contributed by atoms with van der Waals surface area (Å²) in [5, 5.41) is 0.454. The van der Waals surface area contributed by atoms with Crippen LogP contribution in [0.2, 0.25) is 5.02 Å². The second-order valence-electron chi connectivity index (χ2n) is 4.28. The maximum absolute atomic E-state index is 12.5. The summed E-state index contributed by atoms with van der Waals surface area (Å²) in [4.78, 5) is 22.3. The van der Waals surface area contributed by atoms with Crippen LogP contribution in [-0.2, 0) is 13.1 Å². The lowest BCUT2D eigenvalue weighted by Gasteiger charge is -2.16. The molecule has 2 heterocycles. The molecule has 0 radical (unpaired) electrons. The first-order valence-electron chi connectivity index (χ1n) is 5.67. The Balaban J connectivity index is 1.89. The van der Waals surface area contributed by atoms with Crippen molar-refractivity contribution in [2.45, 2.75) is 13.1 Å². The first kappa shape index (κ1) is 12.6. The number of carbonyl (C=O) groups is 1. The summed E-state index contributed by atoms with van der Waals surface area (Å²) in [6.07, 6.45) is 3.25. The van der Waals surface area contributed by atoms with Crippen molar-refractivity contribution in [3.05, 3.63) is 57.0 Å². The van der Waals surface area contributed by atoms with Gasteiger partial charge in [0.15, 0.2) is 0 Å². The lowest BCUT2D eigenvalue weighted by atomic mass is 10.2. The first-order chi connectivity index (χ1) is 9.15. The molecule has 1 aromatic heterocycles. The molecule has 0 aliphatic carbocycles. The van der Waals surface area contributed by atoms with Gasteiger partial charge in [0.05, 0.1) is 22.8 Å². The molecular weight excluding hydrogens is 330 g/mol. The minimum atomic E-state index is -0.0932. The fourth-order valence-electron chi connectivity index (χ4n) is 2.08. The summed E-state index contributed by atoms with van der Waals surface area (Å²) in [5.74, 6) is -0.0932. The lowest BCUT2D eigenvalue weighted by Crippen LogP contribution is -2.25. The molecule has 0 saturated heterocycles. The molecule has 0 bridgehead atoms. The molecule has 6 heteroatoms. The summed E-state index contributed by atoms with van der Waals surface area (Å²) in [6, 6.07) is 5.25. The van der Waals surface area contributed by atoms with Gasteiger partial charge in [-0.15, -0.1) is 0 Å². The SMILES string of the molecule is O=C(c1cc(Br)ccc1Cl)N1Cc2cncnc2C1. The molecule has 19 heavy (non-hydrogen) atoms. The van der Waals surface area contributed by atoms with Gasteiger partial charge in [-0.3, -0.25) is 4.79 Å². The van der Waals surface area contributed by atoms with Gasteiger partial charge in [0.25, 0.3) is 5.91 Å². The molecule has 1 amide bonds. The standard InChI is InChI=1S/C13H9BrClN3O/c14-9-1-2-11(15)10(3-9)13(19)18-5-8-4-16-7-17-12(8)6-18/h1-4,7H,5-6H2. The Morgan fingerprint density at radius 3 is 3.00 bits per heavy atom. The fourth-order valence-corrected chi connectivity index (χ4v) is 2.64. The van der Waals surface area contributed by atoms with E-state index in [1.807, 2.05) is 6.07 Å². The Morgan fingerprint density at radius 1 is 1.37 bits per heavy atom. The molecule has 96 valence electrons. The van der Waals surface area contributed by atoms with E-state index in [-0.39, 0.29) is 5.91 Å². The van der Waals surface area contributed by atoms with Gasteiger partial charge < -0.3 is 4.90 Å². The number of nitrogens with zero attached hydrogens (tertiary/aromatic N) is 3. The number of rotatable bonds is 1. The second-order valence-corrected chi connectivity index (χ2v) is 5.60. The second kappa shape index (κ2) is 4.90. The van der Waals surface area contributed by atoms with Crippen LogP contribution in [0.4, 0.5) is 0 Å². The van der Waals surface area contributed by atoms with E-state index < -0.39 is 0 Å². The minimum absolute atomic E-state index is 0.0932. The van der Waals surface area contributed by atoms with E-state index in [2.05, 4.69) is 25.9 Å². The summed E-state index contributed by atoms with van der Waals surface area (Å²) in [5.41, 5.74) is 2.38. The highest BCUT2D eigenvalue weighted by Crippen LogP contribution is 2.26. The van der Waals surface area contributed by atoms with Gasteiger partial charge in [-0.1, -0.05) is 27.5 Å². The van der Waals surface area contributed by atoms with Crippen LogP contribution < -0.4 is 0 Å². The average Bonchev–Trinajstić information content (AvgIpc) is 2.84. The molecule has 0 atom stereocenters. The Bertz CT molecular complexity index is 637. The zero-order valence-electron chi connectivity index (χ0n) is 9.81. The van der Waals surface area contributed by atoms with E-state index in [4.69, 9.17) is 11.6 Å². The van der Waals surface area contributed by atoms with E-state index in [1.165, 1.54) is 6.33 Å². The number of hydrogen-bond acceptors (Lipinski definition) is 3. The molecule has 0 unspecified atom stereocenters. The third kappa shape index (κ3) is 2.35. The highest BCUT2D eigenvalue weighted by atomic mass is 79.9. The van der Waals surface area contributed by atoms with Crippen molar-refractivity contribution in [2.75, 3.05) is 0 Å². The third-order valence-corrected chi connectivity index (χ3v) is 3.85. The maximum atomic E-state index is 12.5. The smallest absolute Gasteiger partial charge is 0.256 e. The van der Waals surface area contributed by atoms with Crippen molar-refractivity contribution in [3.8, 4) is 0 Å². The van der Waals surface area contributed by atoms with Crippen molar-refractivity contribution in [1.29, 1.82) is 0 Å². The molecule has 0 spiro atoms. The monoisotopic (exact) mass is 337 g/mol. The fraction of sp³-hybridized carbons (Fsp3) is 0.154. The van der Waals surface area contributed by atoms with Crippen LogP contribution in [0.25, 0.3) is 0 Å². The molecule has 1 aliphatic heterocycles. The minimum Gasteiger partial charge on any atom is -0.328 e.